The van der Waals surface area contributed by atoms with E-state index < -0.39 is 11.9 Å². The third-order valence-electron chi connectivity index (χ3n) is 3.69. The van der Waals surface area contributed by atoms with Crippen LogP contribution < -0.4 is 0 Å². The van der Waals surface area contributed by atoms with E-state index in [9.17, 15) is 9.59 Å². The van der Waals surface area contributed by atoms with Crippen molar-refractivity contribution in [2.24, 2.45) is 11.8 Å². The largest absolute Gasteiger partial charge is 0.481 e. The van der Waals surface area contributed by atoms with E-state index in [1.165, 1.54) is 0 Å². The zero-order valence-corrected chi connectivity index (χ0v) is 10.7. The molecule has 2 heterocycles. The van der Waals surface area contributed by atoms with Gasteiger partial charge in [0.15, 0.2) is 0 Å². The number of carbonyl (C=O) groups excluding carboxylic acids is 1. The van der Waals surface area contributed by atoms with Crippen LogP contribution in [0.25, 0.3) is 0 Å². The molecule has 0 aromatic rings. The van der Waals surface area contributed by atoms with E-state index in [2.05, 4.69) is 0 Å². The zero-order valence-electron chi connectivity index (χ0n) is 10.7. The number of aliphatic carboxylic acids is 1. The molecular weight excluding hydrogens is 236 g/mol. The standard InChI is InChI=1S/C12H20N2O4/c1-9-7-14(8-10(9)11(15)16)12(17)13-3-2-5-18-6-4-13/h9-10H,2-8H2,1H3,(H,15,16)/t9-,10-/m1/s1. The number of nitrogens with zero attached hydrogens (tertiary/aromatic N) is 2. The van der Waals surface area contributed by atoms with Gasteiger partial charge in [0.25, 0.3) is 0 Å². The summed E-state index contributed by atoms with van der Waals surface area (Å²) in [6.45, 7) is 5.30. The van der Waals surface area contributed by atoms with Gasteiger partial charge in [-0.25, -0.2) is 4.79 Å². The van der Waals surface area contributed by atoms with Gasteiger partial charge in [0, 0.05) is 32.8 Å². The minimum atomic E-state index is -0.808. The Hall–Kier alpha value is -1.30. The molecule has 6 heteroatoms. The molecule has 0 spiro atoms. The van der Waals surface area contributed by atoms with E-state index in [1.54, 1.807) is 9.80 Å². The van der Waals surface area contributed by atoms with Crippen molar-refractivity contribution in [3.05, 3.63) is 0 Å². The molecule has 0 aromatic carbocycles. The number of ether oxygens (including phenoxy) is 1. The Morgan fingerprint density at radius 1 is 1.17 bits per heavy atom. The molecule has 2 fully saturated rings. The minimum absolute atomic E-state index is 0.0229. The molecule has 0 aliphatic carbocycles. The van der Waals surface area contributed by atoms with Crippen LogP contribution >= 0.6 is 0 Å². The van der Waals surface area contributed by atoms with E-state index >= 15 is 0 Å². The lowest BCUT2D eigenvalue weighted by Gasteiger charge is -2.26. The molecule has 2 amide bonds. The Morgan fingerprint density at radius 3 is 2.61 bits per heavy atom. The van der Waals surface area contributed by atoms with Crippen LogP contribution in [0.5, 0.6) is 0 Å². The van der Waals surface area contributed by atoms with Gasteiger partial charge in [-0.05, 0) is 12.3 Å². The predicted molar refractivity (Wildman–Crippen MR) is 64.3 cm³/mol. The Labute approximate surface area is 106 Å². The molecule has 2 atom stereocenters. The van der Waals surface area contributed by atoms with Gasteiger partial charge in [0.1, 0.15) is 0 Å². The monoisotopic (exact) mass is 256 g/mol. The SMILES string of the molecule is C[C@@H]1CN(C(=O)N2CCCOCC2)C[C@H]1C(=O)O. The molecule has 2 aliphatic heterocycles. The molecule has 0 radical (unpaired) electrons. The molecule has 0 unspecified atom stereocenters. The highest BCUT2D eigenvalue weighted by molar-refractivity contribution is 5.77. The fraction of sp³-hybridized carbons (Fsp3) is 0.833. The fourth-order valence-corrected chi connectivity index (χ4v) is 2.58. The van der Waals surface area contributed by atoms with E-state index in [-0.39, 0.29) is 11.9 Å². The average Bonchev–Trinajstić information content (AvgIpc) is 2.56. The van der Waals surface area contributed by atoms with Gasteiger partial charge in [-0.1, -0.05) is 6.92 Å². The number of carboxylic acid groups (broad SMARTS) is 1. The second-order valence-corrected chi connectivity index (χ2v) is 5.06. The molecule has 0 saturated carbocycles. The maximum Gasteiger partial charge on any atom is 0.320 e. The summed E-state index contributed by atoms with van der Waals surface area (Å²) in [6, 6.07) is -0.0453. The fourth-order valence-electron chi connectivity index (χ4n) is 2.58. The summed E-state index contributed by atoms with van der Waals surface area (Å²) >= 11 is 0. The molecule has 102 valence electrons. The van der Waals surface area contributed by atoms with Crippen LogP contribution in [-0.4, -0.2) is 66.3 Å². The van der Waals surface area contributed by atoms with Crippen LogP contribution in [0.4, 0.5) is 4.79 Å². The third kappa shape index (κ3) is 2.75. The molecule has 0 bridgehead atoms. The smallest absolute Gasteiger partial charge is 0.320 e. The first-order valence-corrected chi connectivity index (χ1v) is 6.44. The summed E-state index contributed by atoms with van der Waals surface area (Å²) in [5, 5.41) is 9.07. The highest BCUT2D eigenvalue weighted by Crippen LogP contribution is 2.24. The first-order valence-electron chi connectivity index (χ1n) is 6.44. The molecular formula is C12H20N2O4. The van der Waals surface area contributed by atoms with Gasteiger partial charge >= 0.3 is 12.0 Å². The highest BCUT2D eigenvalue weighted by Gasteiger charge is 2.38. The maximum absolute atomic E-state index is 12.3. The summed E-state index contributed by atoms with van der Waals surface area (Å²) in [5.41, 5.74) is 0. The van der Waals surface area contributed by atoms with Crippen LogP contribution in [0.2, 0.25) is 0 Å². The lowest BCUT2D eigenvalue weighted by molar-refractivity contribution is -0.142. The van der Waals surface area contributed by atoms with E-state index in [1.807, 2.05) is 6.92 Å². The summed E-state index contributed by atoms with van der Waals surface area (Å²) < 4.78 is 5.31. The first-order chi connectivity index (χ1) is 8.59. The quantitative estimate of drug-likeness (QED) is 0.741. The van der Waals surface area contributed by atoms with Crippen molar-refractivity contribution in [3.63, 3.8) is 0 Å². The first kappa shape index (κ1) is 13.1. The van der Waals surface area contributed by atoms with Crippen molar-refractivity contribution in [1.29, 1.82) is 0 Å². The number of hydrogen-bond acceptors (Lipinski definition) is 3. The van der Waals surface area contributed by atoms with Crippen LogP contribution in [-0.2, 0) is 9.53 Å². The number of urea groups is 1. The van der Waals surface area contributed by atoms with Crippen molar-refractivity contribution in [1.82, 2.24) is 9.80 Å². The maximum atomic E-state index is 12.3. The molecule has 18 heavy (non-hydrogen) atoms. The number of carbonyl (C=O) groups is 2. The van der Waals surface area contributed by atoms with Gasteiger partial charge in [0.2, 0.25) is 0 Å². The van der Waals surface area contributed by atoms with Gasteiger partial charge < -0.3 is 19.6 Å². The number of amides is 2. The number of carboxylic acids is 1. The van der Waals surface area contributed by atoms with Crippen LogP contribution in [0.15, 0.2) is 0 Å². The van der Waals surface area contributed by atoms with Gasteiger partial charge in [-0.3, -0.25) is 4.79 Å². The van der Waals surface area contributed by atoms with Crippen LogP contribution in [0, 0.1) is 11.8 Å². The Kier molecular flexibility index (Phi) is 4.06. The van der Waals surface area contributed by atoms with Crippen molar-refractivity contribution in [2.75, 3.05) is 39.4 Å². The molecule has 6 nitrogen and oxygen atoms in total. The van der Waals surface area contributed by atoms with E-state index in [4.69, 9.17) is 9.84 Å². The summed E-state index contributed by atoms with van der Waals surface area (Å²) in [5.74, 6) is -1.22. The van der Waals surface area contributed by atoms with Crippen LogP contribution in [0.1, 0.15) is 13.3 Å². The normalized spacial score (nSPS) is 29.2. The Balaban J connectivity index is 1.95. The number of hydrogen-bond donors (Lipinski definition) is 1. The van der Waals surface area contributed by atoms with Gasteiger partial charge in [0.05, 0.1) is 12.5 Å². The number of likely N-dealkylation sites (tertiary alicyclic amines) is 1. The Bertz CT molecular complexity index is 326. The topological polar surface area (TPSA) is 70.1 Å². The van der Waals surface area contributed by atoms with Crippen LogP contribution in [0.3, 0.4) is 0 Å². The second kappa shape index (κ2) is 5.56. The average molecular weight is 256 g/mol. The van der Waals surface area contributed by atoms with Gasteiger partial charge in [-0.2, -0.15) is 0 Å². The molecule has 2 rings (SSSR count). The van der Waals surface area contributed by atoms with Crippen molar-refractivity contribution >= 4 is 12.0 Å². The molecule has 1 N–H and O–H groups in total. The lowest BCUT2D eigenvalue weighted by Crippen LogP contribution is -2.43. The third-order valence-corrected chi connectivity index (χ3v) is 3.69. The molecule has 2 aliphatic rings. The zero-order chi connectivity index (χ0) is 13.1. The number of rotatable bonds is 1. The van der Waals surface area contributed by atoms with Crippen molar-refractivity contribution < 1.29 is 19.4 Å². The molecule has 0 aromatic heterocycles. The Morgan fingerprint density at radius 2 is 1.94 bits per heavy atom. The highest BCUT2D eigenvalue weighted by atomic mass is 16.5. The predicted octanol–water partition coefficient (Wildman–Crippen LogP) is 0.481. The lowest BCUT2D eigenvalue weighted by atomic mass is 9.99. The second-order valence-electron chi connectivity index (χ2n) is 5.06. The van der Waals surface area contributed by atoms with E-state index in [0.29, 0.717) is 39.4 Å². The summed E-state index contributed by atoms with van der Waals surface area (Å²) in [4.78, 5) is 26.7. The molecule has 2 saturated heterocycles. The van der Waals surface area contributed by atoms with Crippen molar-refractivity contribution in [3.8, 4) is 0 Å². The van der Waals surface area contributed by atoms with Gasteiger partial charge in [-0.15, -0.1) is 0 Å². The summed E-state index contributed by atoms with van der Waals surface area (Å²) in [6.07, 6.45) is 0.845. The van der Waals surface area contributed by atoms with Crippen molar-refractivity contribution in [2.45, 2.75) is 13.3 Å². The summed E-state index contributed by atoms with van der Waals surface area (Å²) in [7, 11) is 0. The van der Waals surface area contributed by atoms with E-state index in [0.717, 1.165) is 6.42 Å². The minimum Gasteiger partial charge on any atom is -0.481 e.